The average molecular weight is 335 g/mol. The predicted octanol–water partition coefficient (Wildman–Crippen LogP) is 3.55. The molecule has 0 aromatic heterocycles. The van der Waals surface area contributed by atoms with Crippen LogP contribution in [0.25, 0.3) is 0 Å². The Labute approximate surface area is 128 Å². The van der Waals surface area contributed by atoms with Crippen LogP contribution in [0.4, 0.5) is 5.69 Å². The lowest BCUT2D eigenvalue weighted by Gasteiger charge is -2.20. The summed E-state index contributed by atoms with van der Waals surface area (Å²) in [5.74, 6) is 0.885. The average Bonchev–Trinajstić information content (AvgIpc) is 2.47. The van der Waals surface area contributed by atoms with Crippen LogP contribution < -0.4 is 15.4 Å². The van der Waals surface area contributed by atoms with Crippen molar-refractivity contribution in [2.75, 3.05) is 19.1 Å². The zero-order chi connectivity index (χ0) is 14.5. The lowest BCUT2D eigenvalue weighted by molar-refractivity contribution is 0.414. The first-order valence-electron chi connectivity index (χ1n) is 6.46. The minimum Gasteiger partial charge on any atom is -0.497 e. The Morgan fingerprint density at radius 2 is 2.00 bits per heavy atom. The molecule has 2 rings (SSSR count). The van der Waals surface area contributed by atoms with Crippen LogP contribution in [0.1, 0.15) is 11.1 Å². The van der Waals surface area contributed by atoms with Gasteiger partial charge in [0.2, 0.25) is 0 Å². The second-order valence-electron chi connectivity index (χ2n) is 4.69. The standard InChI is InChI=1S/C16H19BrN2O/c1-19(11-12-4-3-5-15(8-12)20-2)14-7-6-13(10-18)16(17)9-14/h3-9H,10-11,18H2,1-2H3. The van der Waals surface area contributed by atoms with E-state index in [9.17, 15) is 0 Å². The highest BCUT2D eigenvalue weighted by atomic mass is 79.9. The van der Waals surface area contributed by atoms with Gasteiger partial charge in [-0.25, -0.2) is 0 Å². The number of hydrogen-bond acceptors (Lipinski definition) is 3. The van der Waals surface area contributed by atoms with Gasteiger partial charge in [-0.05, 0) is 35.4 Å². The summed E-state index contributed by atoms with van der Waals surface area (Å²) < 4.78 is 6.30. The molecule has 0 fully saturated rings. The maximum Gasteiger partial charge on any atom is 0.119 e. The fraction of sp³-hybridized carbons (Fsp3) is 0.250. The molecule has 0 bridgehead atoms. The Bertz CT molecular complexity index is 586. The molecule has 0 radical (unpaired) electrons. The van der Waals surface area contributed by atoms with Crippen LogP contribution in [0.2, 0.25) is 0 Å². The van der Waals surface area contributed by atoms with Crippen LogP contribution in [0.15, 0.2) is 46.9 Å². The Kier molecular flexibility index (Phi) is 5.04. The van der Waals surface area contributed by atoms with Crippen molar-refractivity contribution >= 4 is 21.6 Å². The summed E-state index contributed by atoms with van der Waals surface area (Å²) in [7, 11) is 3.76. The van der Waals surface area contributed by atoms with Crippen molar-refractivity contribution in [3.05, 3.63) is 58.1 Å². The van der Waals surface area contributed by atoms with Crippen LogP contribution >= 0.6 is 15.9 Å². The van der Waals surface area contributed by atoms with Crippen LogP contribution in [0, 0.1) is 0 Å². The highest BCUT2D eigenvalue weighted by Gasteiger charge is 2.06. The number of halogens is 1. The summed E-state index contributed by atoms with van der Waals surface area (Å²) in [5, 5.41) is 0. The Hall–Kier alpha value is -1.52. The molecule has 0 unspecified atom stereocenters. The van der Waals surface area contributed by atoms with Gasteiger partial charge in [-0.15, -0.1) is 0 Å². The van der Waals surface area contributed by atoms with Crippen LogP contribution in [-0.2, 0) is 13.1 Å². The van der Waals surface area contributed by atoms with E-state index in [1.165, 1.54) is 5.56 Å². The van der Waals surface area contributed by atoms with E-state index in [-0.39, 0.29) is 0 Å². The van der Waals surface area contributed by atoms with Crippen LogP contribution in [0.5, 0.6) is 5.75 Å². The second kappa shape index (κ2) is 6.77. The van der Waals surface area contributed by atoms with E-state index in [1.54, 1.807) is 7.11 Å². The van der Waals surface area contributed by atoms with Crippen molar-refractivity contribution in [1.29, 1.82) is 0 Å². The van der Waals surface area contributed by atoms with Crippen LogP contribution in [-0.4, -0.2) is 14.2 Å². The van der Waals surface area contributed by atoms with Gasteiger partial charge in [0.1, 0.15) is 5.75 Å². The third kappa shape index (κ3) is 3.52. The number of nitrogens with two attached hydrogens (primary N) is 1. The molecule has 0 aliphatic carbocycles. The lowest BCUT2D eigenvalue weighted by atomic mass is 10.1. The van der Waals surface area contributed by atoms with Gasteiger partial charge in [-0.1, -0.05) is 34.1 Å². The van der Waals surface area contributed by atoms with E-state index in [0.29, 0.717) is 6.54 Å². The van der Waals surface area contributed by atoms with E-state index >= 15 is 0 Å². The minimum atomic E-state index is 0.542. The van der Waals surface area contributed by atoms with Gasteiger partial charge in [-0.3, -0.25) is 0 Å². The van der Waals surface area contributed by atoms with Gasteiger partial charge in [0.15, 0.2) is 0 Å². The van der Waals surface area contributed by atoms with Crippen molar-refractivity contribution in [3.8, 4) is 5.75 Å². The maximum atomic E-state index is 5.67. The number of hydrogen-bond donors (Lipinski definition) is 1. The molecule has 2 aromatic rings. The van der Waals surface area contributed by atoms with Crippen molar-refractivity contribution in [2.24, 2.45) is 5.73 Å². The second-order valence-corrected chi connectivity index (χ2v) is 5.54. The fourth-order valence-corrected chi connectivity index (χ4v) is 2.60. The molecule has 106 valence electrons. The summed E-state index contributed by atoms with van der Waals surface area (Å²) in [6.07, 6.45) is 0. The first-order chi connectivity index (χ1) is 9.63. The molecule has 0 aliphatic heterocycles. The summed E-state index contributed by atoms with van der Waals surface area (Å²) in [5.41, 5.74) is 9.15. The van der Waals surface area contributed by atoms with Gasteiger partial charge in [-0.2, -0.15) is 0 Å². The molecule has 0 heterocycles. The molecule has 0 saturated carbocycles. The van der Waals surface area contributed by atoms with Gasteiger partial charge in [0, 0.05) is 30.3 Å². The van der Waals surface area contributed by atoms with E-state index in [1.807, 2.05) is 12.1 Å². The SMILES string of the molecule is COc1cccc(CN(C)c2ccc(CN)c(Br)c2)c1. The van der Waals surface area contributed by atoms with E-state index < -0.39 is 0 Å². The smallest absolute Gasteiger partial charge is 0.119 e. The van der Waals surface area contributed by atoms with E-state index in [2.05, 4.69) is 58.2 Å². The predicted molar refractivity (Wildman–Crippen MR) is 87.1 cm³/mol. The summed E-state index contributed by atoms with van der Waals surface area (Å²) >= 11 is 3.56. The van der Waals surface area contributed by atoms with Crippen LogP contribution in [0.3, 0.4) is 0 Å². The normalized spacial score (nSPS) is 10.4. The van der Waals surface area contributed by atoms with Crippen molar-refractivity contribution in [3.63, 3.8) is 0 Å². The van der Waals surface area contributed by atoms with Gasteiger partial charge >= 0.3 is 0 Å². The number of benzene rings is 2. The van der Waals surface area contributed by atoms with E-state index in [4.69, 9.17) is 10.5 Å². The Morgan fingerprint density at radius 1 is 1.20 bits per heavy atom. The quantitative estimate of drug-likeness (QED) is 0.908. The molecular formula is C16H19BrN2O. The first kappa shape index (κ1) is 14.9. The number of anilines is 1. The topological polar surface area (TPSA) is 38.5 Å². The molecule has 0 aliphatic rings. The van der Waals surface area contributed by atoms with Gasteiger partial charge in [0.05, 0.1) is 7.11 Å². The third-order valence-electron chi connectivity index (χ3n) is 3.25. The summed E-state index contributed by atoms with van der Waals surface area (Å²) in [6.45, 7) is 1.37. The lowest BCUT2D eigenvalue weighted by Crippen LogP contribution is -2.16. The molecule has 20 heavy (non-hydrogen) atoms. The zero-order valence-corrected chi connectivity index (χ0v) is 13.4. The first-order valence-corrected chi connectivity index (χ1v) is 7.26. The maximum absolute atomic E-state index is 5.67. The molecular weight excluding hydrogens is 316 g/mol. The Morgan fingerprint density at radius 3 is 2.65 bits per heavy atom. The minimum absolute atomic E-state index is 0.542. The number of nitrogens with zero attached hydrogens (tertiary/aromatic N) is 1. The van der Waals surface area contributed by atoms with Crippen molar-refractivity contribution < 1.29 is 4.74 Å². The highest BCUT2D eigenvalue weighted by Crippen LogP contribution is 2.25. The summed E-state index contributed by atoms with van der Waals surface area (Å²) in [4.78, 5) is 2.19. The molecule has 2 N–H and O–H groups in total. The number of rotatable bonds is 5. The monoisotopic (exact) mass is 334 g/mol. The van der Waals surface area contributed by atoms with Crippen molar-refractivity contribution in [1.82, 2.24) is 0 Å². The molecule has 3 nitrogen and oxygen atoms in total. The molecule has 0 amide bonds. The summed E-state index contributed by atoms with van der Waals surface area (Å²) in [6, 6.07) is 14.4. The third-order valence-corrected chi connectivity index (χ3v) is 3.99. The molecule has 0 saturated heterocycles. The fourth-order valence-electron chi connectivity index (χ4n) is 2.08. The van der Waals surface area contributed by atoms with E-state index in [0.717, 1.165) is 28.0 Å². The Balaban J connectivity index is 2.14. The molecule has 2 aromatic carbocycles. The molecule has 0 spiro atoms. The van der Waals surface area contributed by atoms with Crippen molar-refractivity contribution in [2.45, 2.75) is 13.1 Å². The number of methoxy groups -OCH3 is 1. The molecule has 0 atom stereocenters. The highest BCUT2D eigenvalue weighted by molar-refractivity contribution is 9.10. The van der Waals surface area contributed by atoms with Gasteiger partial charge < -0.3 is 15.4 Å². The largest absolute Gasteiger partial charge is 0.497 e. The number of ether oxygens (including phenoxy) is 1. The molecule has 4 heteroatoms. The zero-order valence-electron chi connectivity index (χ0n) is 11.8. The van der Waals surface area contributed by atoms with Gasteiger partial charge in [0.25, 0.3) is 0 Å².